The lowest BCUT2D eigenvalue weighted by molar-refractivity contribution is 0.276. The van der Waals surface area contributed by atoms with Crippen molar-refractivity contribution < 1.29 is 5.11 Å². The molecule has 0 aliphatic carbocycles. The van der Waals surface area contributed by atoms with Crippen LogP contribution in [-0.2, 0) is 13.2 Å². The van der Waals surface area contributed by atoms with E-state index in [-0.39, 0.29) is 6.61 Å². The molecule has 0 amide bonds. The topological polar surface area (TPSA) is 76.7 Å². The van der Waals surface area contributed by atoms with Gasteiger partial charge < -0.3 is 5.11 Å². The third kappa shape index (κ3) is 1.91. The fourth-order valence-corrected chi connectivity index (χ4v) is 1.07. The minimum absolute atomic E-state index is 0.0968. The minimum atomic E-state index is -0.0968. The van der Waals surface area contributed by atoms with Crippen LogP contribution in [0.5, 0.6) is 0 Å². The van der Waals surface area contributed by atoms with Gasteiger partial charge >= 0.3 is 0 Å². The normalized spacial score (nSPS) is 10.4. The summed E-state index contributed by atoms with van der Waals surface area (Å²) in [4.78, 5) is 8.03. The van der Waals surface area contributed by atoms with E-state index in [1.54, 1.807) is 29.5 Å². The van der Waals surface area contributed by atoms with Crippen LogP contribution in [0.4, 0.5) is 0 Å². The van der Waals surface area contributed by atoms with Crippen LogP contribution in [-0.4, -0.2) is 30.1 Å². The predicted molar refractivity (Wildman–Crippen MR) is 47.1 cm³/mol. The maximum atomic E-state index is 8.77. The van der Waals surface area contributed by atoms with Gasteiger partial charge in [0.2, 0.25) is 0 Å². The van der Waals surface area contributed by atoms with Gasteiger partial charge in [0.1, 0.15) is 5.69 Å². The lowest BCUT2D eigenvalue weighted by atomic mass is 10.4. The molecular weight excluding hydrogens is 182 g/mol. The lowest BCUT2D eigenvalue weighted by Crippen LogP contribution is -2.02. The van der Waals surface area contributed by atoms with Gasteiger partial charge in [0.15, 0.2) is 0 Å². The molecular formula is C8H9N5O. The monoisotopic (exact) mass is 191 g/mol. The van der Waals surface area contributed by atoms with Crippen LogP contribution >= 0.6 is 0 Å². The Morgan fingerprint density at radius 3 is 2.86 bits per heavy atom. The second-order valence-electron chi connectivity index (χ2n) is 2.76. The van der Waals surface area contributed by atoms with Crippen molar-refractivity contribution in [3.05, 3.63) is 36.2 Å². The Hall–Kier alpha value is -1.82. The van der Waals surface area contributed by atoms with Gasteiger partial charge in [0.25, 0.3) is 0 Å². The second-order valence-corrected chi connectivity index (χ2v) is 2.76. The highest BCUT2D eigenvalue weighted by Gasteiger charge is 2.00. The highest BCUT2D eigenvalue weighted by atomic mass is 16.3. The first-order chi connectivity index (χ1) is 6.88. The molecule has 1 N–H and O–H groups in total. The van der Waals surface area contributed by atoms with Crippen LogP contribution < -0.4 is 0 Å². The second kappa shape index (κ2) is 3.93. The average molecular weight is 191 g/mol. The van der Waals surface area contributed by atoms with E-state index < -0.39 is 0 Å². The van der Waals surface area contributed by atoms with Crippen molar-refractivity contribution in [2.45, 2.75) is 13.2 Å². The standard InChI is InChI=1S/C8H9N5O/c14-6-8-5-13(12-11-8)4-7-3-9-1-2-10-7/h1-3,5,14H,4,6H2. The Morgan fingerprint density at radius 2 is 2.21 bits per heavy atom. The van der Waals surface area contributed by atoms with E-state index in [0.29, 0.717) is 12.2 Å². The first kappa shape index (κ1) is 8.76. The number of aliphatic hydroxyl groups excluding tert-OH is 1. The van der Waals surface area contributed by atoms with E-state index in [9.17, 15) is 0 Å². The maximum absolute atomic E-state index is 8.77. The van der Waals surface area contributed by atoms with Crippen LogP contribution in [0.1, 0.15) is 11.4 Å². The lowest BCUT2D eigenvalue weighted by Gasteiger charge is -1.97. The van der Waals surface area contributed by atoms with E-state index in [4.69, 9.17) is 5.11 Å². The van der Waals surface area contributed by atoms with E-state index in [2.05, 4.69) is 20.3 Å². The summed E-state index contributed by atoms with van der Waals surface area (Å²) in [6, 6.07) is 0. The summed E-state index contributed by atoms with van der Waals surface area (Å²) in [5.41, 5.74) is 1.36. The van der Waals surface area contributed by atoms with E-state index >= 15 is 0 Å². The Labute approximate surface area is 80.2 Å². The molecule has 2 heterocycles. The molecule has 6 nitrogen and oxygen atoms in total. The summed E-state index contributed by atoms with van der Waals surface area (Å²) < 4.78 is 1.61. The van der Waals surface area contributed by atoms with E-state index in [1.165, 1.54) is 0 Å². The van der Waals surface area contributed by atoms with Gasteiger partial charge in [-0.15, -0.1) is 5.10 Å². The van der Waals surface area contributed by atoms with Crippen LogP contribution in [0.15, 0.2) is 24.8 Å². The third-order valence-electron chi connectivity index (χ3n) is 1.69. The first-order valence-electron chi connectivity index (χ1n) is 4.13. The van der Waals surface area contributed by atoms with Gasteiger partial charge in [-0.3, -0.25) is 9.97 Å². The summed E-state index contributed by atoms with van der Waals surface area (Å²) in [6.45, 7) is 0.418. The van der Waals surface area contributed by atoms with Crippen molar-refractivity contribution in [1.29, 1.82) is 0 Å². The van der Waals surface area contributed by atoms with Gasteiger partial charge in [-0.1, -0.05) is 5.21 Å². The van der Waals surface area contributed by atoms with Crippen molar-refractivity contribution in [2.24, 2.45) is 0 Å². The summed E-state index contributed by atoms with van der Waals surface area (Å²) in [7, 11) is 0. The molecule has 0 aromatic carbocycles. The SMILES string of the molecule is OCc1cn(Cc2cnccn2)nn1. The number of aromatic nitrogens is 5. The highest BCUT2D eigenvalue weighted by Crippen LogP contribution is 1.97. The highest BCUT2D eigenvalue weighted by molar-refractivity contribution is 4.97. The molecule has 0 aliphatic rings. The molecule has 0 bridgehead atoms. The average Bonchev–Trinajstić information content (AvgIpc) is 2.67. The quantitative estimate of drug-likeness (QED) is 0.714. The molecule has 14 heavy (non-hydrogen) atoms. The zero-order valence-corrected chi connectivity index (χ0v) is 7.41. The Bertz CT molecular complexity index is 399. The van der Waals surface area contributed by atoms with Crippen molar-refractivity contribution >= 4 is 0 Å². The number of nitrogens with zero attached hydrogens (tertiary/aromatic N) is 5. The van der Waals surface area contributed by atoms with E-state index in [0.717, 1.165) is 5.69 Å². The number of aliphatic hydroxyl groups is 1. The molecule has 0 atom stereocenters. The van der Waals surface area contributed by atoms with Crippen LogP contribution in [0.3, 0.4) is 0 Å². The Balaban J connectivity index is 2.11. The van der Waals surface area contributed by atoms with Crippen LogP contribution in [0, 0.1) is 0 Å². The molecule has 0 unspecified atom stereocenters. The van der Waals surface area contributed by atoms with Gasteiger partial charge in [-0.25, -0.2) is 4.68 Å². The zero-order valence-electron chi connectivity index (χ0n) is 7.41. The molecule has 0 saturated heterocycles. The third-order valence-corrected chi connectivity index (χ3v) is 1.69. The van der Waals surface area contributed by atoms with Crippen molar-refractivity contribution in [3.63, 3.8) is 0 Å². The molecule has 0 radical (unpaired) electrons. The molecule has 2 aromatic heterocycles. The van der Waals surface area contributed by atoms with Gasteiger partial charge in [-0.05, 0) is 0 Å². The van der Waals surface area contributed by atoms with Crippen LogP contribution in [0.2, 0.25) is 0 Å². The van der Waals surface area contributed by atoms with Gasteiger partial charge in [-0.2, -0.15) is 0 Å². The number of hydrogen-bond donors (Lipinski definition) is 1. The maximum Gasteiger partial charge on any atom is 0.108 e. The summed E-state index contributed by atoms with van der Waals surface area (Å²) in [6.07, 6.45) is 6.58. The summed E-state index contributed by atoms with van der Waals surface area (Å²) in [5, 5.41) is 16.3. The number of rotatable bonds is 3. The summed E-state index contributed by atoms with van der Waals surface area (Å²) >= 11 is 0. The molecule has 6 heteroatoms. The van der Waals surface area contributed by atoms with Gasteiger partial charge in [0, 0.05) is 12.4 Å². The Kier molecular flexibility index (Phi) is 2.46. The molecule has 0 saturated carbocycles. The fraction of sp³-hybridized carbons (Fsp3) is 0.250. The zero-order chi connectivity index (χ0) is 9.80. The van der Waals surface area contributed by atoms with Gasteiger partial charge in [0.05, 0.1) is 31.2 Å². The molecule has 0 fully saturated rings. The predicted octanol–water partition coefficient (Wildman–Crippen LogP) is -0.391. The van der Waals surface area contributed by atoms with Crippen molar-refractivity contribution in [2.75, 3.05) is 0 Å². The summed E-state index contributed by atoms with van der Waals surface area (Å²) in [5.74, 6) is 0. The van der Waals surface area contributed by atoms with E-state index in [1.807, 2.05) is 0 Å². The molecule has 2 rings (SSSR count). The smallest absolute Gasteiger partial charge is 0.108 e. The fourth-order valence-electron chi connectivity index (χ4n) is 1.07. The van der Waals surface area contributed by atoms with Crippen LogP contribution in [0.25, 0.3) is 0 Å². The Morgan fingerprint density at radius 1 is 1.29 bits per heavy atom. The number of hydrogen-bond acceptors (Lipinski definition) is 5. The minimum Gasteiger partial charge on any atom is -0.390 e. The molecule has 0 aliphatic heterocycles. The molecule has 72 valence electrons. The largest absolute Gasteiger partial charge is 0.390 e. The van der Waals surface area contributed by atoms with Crippen molar-refractivity contribution in [3.8, 4) is 0 Å². The molecule has 2 aromatic rings. The first-order valence-corrected chi connectivity index (χ1v) is 4.13. The molecule has 0 spiro atoms. The van der Waals surface area contributed by atoms with Crippen molar-refractivity contribution in [1.82, 2.24) is 25.0 Å².